The Labute approximate surface area is 122 Å². The molecule has 0 amide bonds. The van der Waals surface area contributed by atoms with E-state index in [1.165, 1.54) is 0 Å². The van der Waals surface area contributed by atoms with Gasteiger partial charge in [0.1, 0.15) is 0 Å². The molecule has 1 rings (SSSR count). The first-order valence-corrected chi connectivity index (χ1v) is 7.47. The number of nitrogens with one attached hydrogen (secondary N) is 1. The Balaban J connectivity index is 2.18. The topological polar surface area (TPSA) is 48.3 Å². The van der Waals surface area contributed by atoms with Crippen molar-refractivity contribution in [1.82, 2.24) is 9.55 Å². The van der Waals surface area contributed by atoms with E-state index in [1.807, 2.05) is 6.92 Å². The monoisotopic (exact) mass is 283 g/mol. The lowest BCUT2D eigenvalue weighted by molar-refractivity contribution is 0.0691. The van der Waals surface area contributed by atoms with Crippen LogP contribution in [0.1, 0.15) is 32.4 Å². The van der Waals surface area contributed by atoms with Gasteiger partial charge in [0.25, 0.3) is 0 Å². The van der Waals surface area contributed by atoms with Crippen molar-refractivity contribution in [2.75, 3.05) is 38.8 Å². The first kappa shape index (κ1) is 17.0. The molecule has 0 spiro atoms. The average molecular weight is 283 g/mol. The highest BCUT2D eigenvalue weighted by molar-refractivity contribution is 5.28. The molecule has 1 heterocycles. The Morgan fingerprint density at radius 2 is 2.05 bits per heavy atom. The zero-order chi connectivity index (χ0) is 14.8. The van der Waals surface area contributed by atoms with Crippen LogP contribution >= 0.6 is 0 Å². The Morgan fingerprint density at radius 3 is 2.75 bits per heavy atom. The zero-order valence-electron chi connectivity index (χ0n) is 13.3. The molecule has 1 aromatic rings. The number of hydrogen-bond donors (Lipinski definition) is 1. The van der Waals surface area contributed by atoms with Gasteiger partial charge in [-0.15, -0.1) is 0 Å². The van der Waals surface area contributed by atoms with Gasteiger partial charge in [-0.05, 0) is 25.7 Å². The van der Waals surface area contributed by atoms with Gasteiger partial charge in [-0.3, -0.25) is 0 Å². The summed E-state index contributed by atoms with van der Waals surface area (Å²) >= 11 is 0. The first-order valence-electron chi connectivity index (χ1n) is 7.47. The average Bonchev–Trinajstić information content (AvgIpc) is 2.72. The standard InChI is InChI=1S/C15H29N3O2/c1-13(2)11-18-12-14(3)17-15(18)16-7-5-6-8-20-10-9-19-4/h12-13H,5-11H2,1-4H3,(H,16,17). The largest absolute Gasteiger partial charge is 0.382 e. The Kier molecular flexibility index (Phi) is 8.30. The van der Waals surface area contributed by atoms with Crippen molar-refractivity contribution in [3.8, 4) is 0 Å². The highest BCUT2D eigenvalue weighted by Crippen LogP contribution is 2.11. The lowest BCUT2D eigenvalue weighted by atomic mass is 10.2. The Morgan fingerprint density at radius 1 is 1.25 bits per heavy atom. The molecule has 0 aromatic carbocycles. The van der Waals surface area contributed by atoms with E-state index in [0.717, 1.165) is 44.2 Å². The maximum absolute atomic E-state index is 5.43. The summed E-state index contributed by atoms with van der Waals surface area (Å²) in [5.41, 5.74) is 1.07. The number of unbranched alkanes of at least 4 members (excludes halogenated alkanes) is 1. The number of rotatable bonds is 11. The Bertz CT molecular complexity index is 364. The lowest BCUT2D eigenvalue weighted by Gasteiger charge is -2.11. The fourth-order valence-electron chi connectivity index (χ4n) is 1.99. The van der Waals surface area contributed by atoms with E-state index in [-0.39, 0.29) is 0 Å². The molecule has 1 aromatic heterocycles. The SMILES string of the molecule is COCCOCCCCNc1nc(C)cn1CC(C)C. The van der Waals surface area contributed by atoms with Gasteiger partial charge < -0.3 is 19.4 Å². The number of anilines is 1. The van der Waals surface area contributed by atoms with Crippen LogP contribution in [-0.2, 0) is 16.0 Å². The molecule has 0 aliphatic carbocycles. The number of nitrogens with zero attached hydrogens (tertiary/aromatic N) is 2. The van der Waals surface area contributed by atoms with Crippen LogP contribution in [0.3, 0.4) is 0 Å². The van der Waals surface area contributed by atoms with Crippen LogP contribution in [0.5, 0.6) is 0 Å². The van der Waals surface area contributed by atoms with Gasteiger partial charge in [-0.1, -0.05) is 13.8 Å². The number of hydrogen-bond acceptors (Lipinski definition) is 4. The second kappa shape index (κ2) is 9.77. The number of methoxy groups -OCH3 is 1. The molecule has 0 radical (unpaired) electrons. The third-order valence-corrected chi connectivity index (χ3v) is 2.89. The Hall–Kier alpha value is -1.07. The minimum Gasteiger partial charge on any atom is -0.382 e. The van der Waals surface area contributed by atoms with E-state index in [2.05, 4.69) is 34.9 Å². The van der Waals surface area contributed by atoms with Crippen LogP contribution in [0.15, 0.2) is 6.20 Å². The van der Waals surface area contributed by atoms with Crippen LogP contribution in [0.4, 0.5) is 5.95 Å². The molecule has 116 valence electrons. The van der Waals surface area contributed by atoms with Crippen molar-refractivity contribution in [3.05, 3.63) is 11.9 Å². The van der Waals surface area contributed by atoms with E-state index < -0.39 is 0 Å². The molecule has 0 fully saturated rings. The predicted octanol–water partition coefficient (Wildman–Crippen LogP) is 2.70. The molecule has 0 saturated heterocycles. The van der Waals surface area contributed by atoms with Gasteiger partial charge in [0, 0.05) is 33.0 Å². The molecule has 20 heavy (non-hydrogen) atoms. The molecule has 5 heteroatoms. The number of aryl methyl sites for hydroxylation is 1. The number of imidazole rings is 1. The van der Waals surface area contributed by atoms with Crippen molar-refractivity contribution >= 4 is 5.95 Å². The van der Waals surface area contributed by atoms with Gasteiger partial charge in [0.05, 0.1) is 18.9 Å². The van der Waals surface area contributed by atoms with Crippen molar-refractivity contribution in [2.45, 2.75) is 40.2 Å². The second-order valence-electron chi connectivity index (χ2n) is 5.49. The molecule has 5 nitrogen and oxygen atoms in total. The highest BCUT2D eigenvalue weighted by atomic mass is 16.5. The van der Waals surface area contributed by atoms with Gasteiger partial charge in [0.2, 0.25) is 5.95 Å². The van der Waals surface area contributed by atoms with Crippen LogP contribution < -0.4 is 5.32 Å². The zero-order valence-corrected chi connectivity index (χ0v) is 13.3. The number of aromatic nitrogens is 2. The summed E-state index contributed by atoms with van der Waals surface area (Å²) < 4.78 is 12.6. The predicted molar refractivity (Wildman–Crippen MR) is 82.2 cm³/mol. The van der Waals surface area contributed by atoms with E-state index >= 15 is 0 Å². The molecule has 0 aliphatic heterocycles. The first-order chi connectivity index (χ1) is 9.63. The van der Waals surface area contributed by atoms with Gasteiger partial charge >= 0.3 is 0 Å². The molecule has 1 N–H and O–H groups in total. The smallest absolute Gasteiger partial charge is 0.203 e. The van der Waals surface area contributed by atoms with Gasteiger partial charge in [-0.25, -0.2) is 4.98 Å². The highest BCUT2D eigenvalue weighted by Gasteiger charge is 2.06. The third kappa shape index (κ3) is 6.91. The quantitative estimate of drug-likeness (QED) is 0.634. The van der Waals surface area contributed by atoms with E-state index in [1.54, 1.807) is 7.11 Å². The summed E-state index contributed by atoms with van der Waals surface area (Å²) in [7, 11) is 1.69. The fourth-order valence-corrected chi connectivity index (χ4v) is 1.99. The van der Waals surface area contributed by atoms with E-state index in [4.69, 9.17) is 9.47 Å². The van der Waals surface area contributed by atoms with E-state index in [0.29, 0.717) is 19.1 Å². The molecular formula is C15H29N3O2. The fraction of sp³-hybridized carbons (Fsp3) is 0.800. The summed E-state index contributed by atoms with van der Waals surface area (Å²) in [6.45, 7) is 10.6. The normalized spacial score (nSPS) is 11.2. The summed E-state index contributed by atoms with van der Waals surface area (Å²) in [4.78, 5) is 4.53. The minimum atomic E-state index is 0.623. The van der Waals surface area contributed by atoms with E-state index in [9.17, 15) is 0 Å². The van der Waals surface area contributed by atoms with Crippen LogP contribution in [0, 0.1) is 12.8 Å². The van der Waals surface area contributed by atoms with Crippen LogP contribution in [-0.4, -0.2) is 43.0 Å². The molecule has 0 aliphatic rings. The van der Waals surface area contributed by atoms with Crippen molar-refractivity contribution in [3.63, 3.8) is 0 Å². The summed E-state index contributed by atoms with van der Waals surface area (Å²) in [5.74, 6) is 1.61. The number of ether oxygens (including phenoxy) is 2. The molecule has 0 unspecified atom stereocenters. The van der Waals surface area contributed by atoms with Crippen molar-refractivity contribution in [2.24, 2.45) is 5.92 Å². The summed E-state index contributed by atoms with van der Waals surface area (Å²) in [6.07, 6.45) is 4.25. The minimum absolute atomic E-state index is 0.623. The van der Waals surface area contributed by atoms with Gasteiger partial charge in [-0.2, -0.15) is 0 Å². The molecule has 0 saturated carbocycles. The maximum atomic E-state index is 5.43. The third-order valence-electron chi connectivity index (χ3n) is 2.89. The molecule has 0 atom stereocenters. The molecular weight excluding hydrogens is 254 g/mol. The second-order valence-corrected chi connectivity index (χ2v) is 5.49. The lowest BCUT2D eigenvalue weighted by Crippen LogP contribution is -2.12. The van der Waals surface area contributed by atoms with Crippen molar-refractivity contribution in [1.29, 1.82) is 0 Å². The van der Waals surface area contributed by atoms with Crippen LogP contribution in [0.2, 0.25) is 0 Å². The van der Waals surface area contributed by atoms with Gasteiger partial charge in [0.15, 0.2) is 0 Å². The van der Waals surface area contributed by atoms with Crippen molar-refractivity contribution < 1.29 is 9.47 Å². The molecule has 0 bridgehead atoms. The summed E-state index contributed by atoms with van der Waals surface area (Å²) in [6, 6.07) is 0. The van der Waals surface area contributed by atoms with Crippen LogP contribution in [0.25, 0.3) is 0 Å². The maximum Gasteiger partial charge on any atom is 0.203 e. The summed E-state index contributed by atoms with van der Waals surface area (Å²) in [5, 5.41) is 3.41.